The van der Waals surface area contributed by atoms with Crippen molar-refractivity contribution < 1.29 is 9.59 Å². The van der Waals surface area contributed by atoms with Crippen LogP contribution in [0.2, 0.25) is 5.02 Å². The van der Waals surface area contributed by atoms with E-state index < -0.39 is 0 Å². The first kappa shape index (κ1) is 17.7. The van der Waals surface area contributed by atoms with Gasteiger partial charge in [0.05, 0.1) is 16.1 Å². The summed E-state index contributed by atoms with van der Waals surface area (Å²) in [6.45, 7) is 0. The molecule has 0 saturated heterocycles. The third-order valence-electron chi connectivity index (χ3n) is 3.32. The Bertz CT molecular complexity index is 775. The molecule has 1 heterocycles. The fourth-order valence-electron chi connectivity index (χ4n) is 2.14. The molecule has 2 rings (SSSR count). The zero-order valence-corrected chi connectivity index (χ0v) is 14.8. The van der Waals surface area contributed by atoms with Crippen molar-refractivity contribution in [2.24, 2.45) is 0 Å². The van der Waals surface area contributed by atoms with Crippen LogP contribution in [0.1, 0.15) is 20.7 Å². The van der Waals surface area contributed by atoms with Gasteiger partial charge >= 0.3 is 0 Å². The van der Waals surface area contributed by atoms with Gasteiger partial charge in [-0.15, -0.1) is 0 Å². The third kappa shape index (κ3) is 3.83. The second kappa shape index (κ2) is 7.31. The molecular formula is C17H19ClN4O2. The van der Waals surface area contributed by atoms with Crippen molar-refractivity contribution in [3.63, 3.8) is 0 Å². The summed E-state index contributed by atoms with van der Waals surface area (Å²) >= 11 is 6.16. The van der Waals surface area contributed by atoms with Crippen LogP contribution in [-0.4, -0.2) is 49.9 Å². The molecule has 0 atom stereocenters. The number of pyridine rings is 1. The average Bonchev–Trinajstić information content (AvgIpc) is 2.54. The van der Waals surface area contributed by atoms with E-state index in [4.69, 9.17) is 11.6 Å². The van der Waals surface area contributed by atoms with E-state index in [0.717, 1.165) is 0 Å². The highest BCUT2D eigenvalue weighted by atomic mass is 35.5. The van der Waals surface area contributed by atoms with Crippen LogP contribution in [0.15, 0.2) is 36.5 Å². The van der Waals surface area contributed by atoms with Crippen LogP contribution in [0.5, 0.6) is 0 Å². The summed E-state index contributed by atoms with van der Waals surface area (Å²) in [6.07, 6.45) is 1.63. The number of carbonyl (C=O) groups is 2. The van der Waals surface area contributed by atoms with E-state index in [1.165, 1.54) is 4.90 Å². The predicted octanol–water partition coefficient (Wildman–Crippen LogP) is 2.76. The normalized spacial score (nSPS) is 10.2. The third-order valence-corrected chi connectivity index (χ3v) is 3.63. The van der Waals surface area contributed by atoms with Gasteiger partial charge in [-0.05, 0) is 30.3 Å². The lowest BCUT2D eigenvalue weighted by Crippen LogP contribution is -2.22. The Labute approximate surface area is 146 Å². The molecular weight excluding hydrogens is 328 g/mol. The van der Waals surface area contributed by atoms with E-state index in [0.29, 0.717) is 22.6 Å². The van der Waals surface area contributed by atoms with Gasteiger partial charge in [-0.1, -0.05) is 11.6 Å². The SMILES string of the molecule is CN(C)C(=O)c1ccc(NC(=O)c2cccnc2N(C)C)cc1Cl. The van der Waals surface area contributed by atoms with E-state index >= 15 is 0 Å². The fourth-order valence-corrected chi connectivity index (χ4v) is 2.40. The smallest absolute Gasteiger partial charge is 0.259 e. The molecule has 0 aliphatic rings. The summed E-state index contributed by atoms with van der Waals surface area (Å²) in [5, 5.41) is 3.06. The molecule has 7 heteroatoms. The monoisotopic (exact) mass is 346 g/mol. The molecule has 0 aliphatic heterocycles. The number of amides is 2. The fraction of sp³-hybridized carbons (Fsp3) is 0.235. The van der Waals surface area contributed by atoms with Crippen molar-refractivity contribution in [3.8, 4) is 0 Å². The maximum absolute atomic E-state index is 12.5. The van der Waals surface area contributed by atoms with Crippen molar-refractivity contribution in [2.75, 3.05) is 38.4 Å². The second-order valence-electron chi connectivity index (χ2n) is 5.62. The Morgan fingerprint density at radius 3 is 2.38 bits per heavy atom. The molecule has 0 fully saturated rings. The number of hydrogen-bond acceptors (Lipinski definition) is 4. The van der Waals surface area contributed by atoms with E-state index in [1.54, 1.807) is 55.5 Å². The number of rotatable bonds is 4. The number of halogens is 1. The van der Waals surface area contributed by atoms with Gasteiger partial charge in [-0.25, -0.2) is 4.98 Å². The summed E-state index contributed by atoms with van der Waals surface area (Å²) in [5.41, 5.74) is 1.34. The van der Waals surface area contributed by atoms with Crippen LogP contribution in [0, 0.1) is 0 Å². The van der Waals surface area contributed by atoms with Gasteiger partial charge in [0.1, 0.15) is 5.82 Å². The highest BCUT2D eigenvalue weighted by Crippen LogP contribution is 2.23. The maximum atomic E-state index is 12.5. The summed E-state index contributed by atoms with van der Waals surface area (Å²) in [5.74, 6) is 0.0788. The van der Waals surface area contributed by atoms with Gasteiger partial charge in [0.25, 0.3) is 11.8 Å². The number of nitrogens with zero attached hydrogens (tertiary/aromatic N) is 3. The van der Waals surface area contributed by atoms with Gasteiger partial charge in [-0.2, -0.15) is 0 Å². The van der Waals surface area contributed by atoms with Gasteiger partial charge in [-0.3, -0.25) is 9.59 Å². The lowest BCUT2D eigenvalue weighted by atomic mass is 10.1. The largest absolute Gasteiger partial charge is 0.362 e. The summed E-state index contributed by atoms with van der Waals surface area (Å²) in [6, 6.07) is 8.20. The minimum Gasteiger partial charge on any atom is -0.362 e. The summed E-state index contributed by atoms with van der Waals surface area (Å²) in [7, 11) is 6.94. The molecule has 2 aromatic rings. The van der Waals surface area contributed by atoms with E-state index in [9.17, 15) is 9.59 Å². The first-order valence-electron chi connectivity index (χ1n) is 7.26. The molecule has 1 N–H and O–H groups in total. The number of anilines is 2. The molecule has 126 valence electrons. The van der Waals surface area contributed by atoms with Crippen LogP contribution >= 0.6 is 11.6 Å². The van der Waals surface area contributed by atoms with Crippen molar-refractivity contribution in [1.29, 1.82) is 0 Å². The maximum Gasteiger partial charge on any atom is 0.259 e. The quantitative estimate of drug-likeness (QED) is 0.924. The van der Waals surface area contributed by atoms with Crippen LogP contribution in [0.4, 0.5) is 11.5 Å². The first-order valence-corrected chi connectivity index (χ1v) is 7.64. The zero-order valence-electron chi connectivity index (χ0n) is 14.0. The van der Waals surface area contributed by atoms with Crippen molar-refractivity contribution in [3.05, 3.63) is 52.7 Å². The van der Waals surface area contributed by atoms with E-state index in [-0.39, 0.29) is 16.8 Å². The molecule has 0 radical (unpaired) electrons. The Morgan fingerprint density at radius 1 is 1.08 bits per heavy atom. The number of carbonyl (C=O) groups excluding carboxylic acids is 2. The minimum atomic E-state index is -0.297. The molecule has 0 saturated carbocycles. The van der Waals surface area contributed by atoms with Crippen LogP contribution < -0.4 is 10.2 Å². The Kier molecular flexibility index (Phi) is 5.41. The van der Waals surface area contributed by atoms with E-state index in [1.807, 2.05) is 14.1 Å². The Balaban J connectivity index is 2.25. The highest BCUT2D eigenvalue weighted by molar-refractivity contribution is 6.34. The van der Waals surface area contributed by atoms with Crippen molar-refractivity contribution >= 4 is 34.9 Å². The van der Waals surface area contributed by atoms with Crippen molar-refractivity contribution in [1.82, 2.24) is 9.88 Å². The standard InChI is InChI=1S/C17H19ClN4O2/c1-21(2)15-13(6-5-9-19-15)16(23)20-11-7-8-12(14(18)10-11)17(24)22(3)4/h5-10H,1-4H3,(H,20,23). The Hall–Kier alpha value is -2.60. The molecule has 0 bridgehead atoms. The highest BCUT2D eigenvalue weighted by Gasteiger charge is 2.16. The zero-order chi connectivity index (χ0) is 17.9. The average molecular weight is 347 g/mol. The molecule has 2 amide bonds. The molecule has 24 heavy (non-hydrogen) atoms. The number of hydrogen-bond donors (Lipinski definition) is 1. The van der Waals surface area contributed by atoms with E-state index in [2.05, 4.69) is 10.3 Å². The first-order chi connectivity index (χ1) is 11.3. The van der Waals surface area contributed by atoms with Crippen LogP contribution in [-0.2, 0) is 0 Å². The Morgan fingerprint density at radius 2 is 1.79 bits per heavy atom. The molecule has 1 aromatic heterocycles. The molecule has 1 aromatic carbocycles. The second-order valence-corrected chi connectivity index (χ2v) is 6.02. The summed E-state index contributed by atoms with van der Waals surface area (Å²) < 4.78 is 0. The minimum absolute atomic E-state index is 0.194. The number of aromatic nitrogens is 1. The van der Waals surface area contributed by atoms with Crippen LogP contribution in [0.25, 0.3) is 0 Å². The predicted molar refractivity (Wildman–Crippen MR) is 96.0 cm³/mol. The van der Waals surface area contributed by atoms with Gasteiger partial charge in [0, 0.05) is 40.1 Å². The lowest BCUT2D eigenvalue weighted by molar-refractivity contribution is 0.0827. The van der Waals surface area contributed by atoms with Crippen molar-refractivity contribution in [2.45, 2.75) is 0 Å². The van der Waals surface area contributed by atoms with Crippen LogP contribution in [0.3, 0.4) is 0 Å². The topological polar surface area (TPSA) is 65.5 Å². The van der Waals surface area contributed by atoms with Gasteiger partial charge < -0.3 is 15.1 Å². The molecule has 0 unspecified atom stereocenters. The lowest BCUT2D eigenvalue weighted by Gasteiger charge is -2.16. The number of benzene rings is 1. The molecule has 0 aliphatic carbocycles. The molecule has 0 spiro atoms. The van der Waals surface area contributed by atoms with Gasteiger partial charge in [0.2, 0.25) is 0 Å². The summed E-state index contributed by atoms with van der Waals surface area (Å²) in [4.78, 5) is 31.9. The number of nitrogens with one attached hydrogen (secondary N) is 1. The molecule has 6 nitrogen and oxygen atoms in total. The van der Waals surface area contributed by atoms with Gasteiger partial charge in [0.15, 0.2) is 0 Å².